The van der Waals surface area contributed by atoms with Crippen molar-refractivity contribution in [1.82, 2.24) is 0 Å². The Morgan fingerprint density at radius 1 is 0.639 bits per heavy atom. The van der Waals surface area contributed by atoms with Crippen LogP contribution in [0.2, 0.25) is 0 Å². The average Bonchev–Trinajstić information content (AvgIpc) is 2.86. The summed E-state index contributed by atoms with van der Waals surface area (Å²) in [6.07, 6.45) is 1.23. The molecule has 0 amide bonds. The lowest BCUT2D eigenvalue weighted by molar-refractivity contribution is -0.134. The van der Waals surface area contributed by atoms with Crippen LogP contribution in [-0.4, -0.2) is 5.97 Å². The van der Waals surface area contributed by atoms with Crippen LogP contribution in [0.1, 0.15) is 44.7 Å². The van der Waals surface area contributed by atoms with Gasteiger partial charge in [-0.05, 0) is 85.3 Å². The molecule has 0 aromatic heterocycles. The predicted octanol–water partition coefficient (Wildman–Crippen LogP) is 9.17. The molecule has 4 aromatic rings. The monoisotopic (exact) mass is 477 g/mol. The van der Waals surface area contributed by atoms with Gasteiger partial charge in [0.05, 0.1) is 0 Å². The molecule has 0 spiro atoms. The van der Waals surface area contributed by atoms with E-state index in [4.69, 9.17) is 4.74 Å². The summed E-state index contributed by atoms with van der Waals surface area (Å²) < 4.78 is 5.52. The molecule has 0 aliphatic heterocycles. The molecular formula is C33H35NO2. The molecule has 0 radical (unpaired) electrons. The number of carbonyl (C=O) groups excluding carboxylic acids is 1. The molecule has 0 saturated carbocycles. The molecule has 36 heavy (non-hydrogen) atoms. The molecule has 0 bridgehead atoms. The highest BCUT2D eigenvalue weighted by Crippen LogP contribution is 2.36. The number of hydrogen-bond donors (Lipinski definition) is 0. The lowest BCUT2D eigenvalue weighted by Crippen LogP contribution is -2.13. The summed E-state index contributed by atoms with van der Waals surface area (Å²) in [6.45, 7) is 10.6. The minimum Gasteiger partial charge on any atom is -0.427 e. The number of benzene rings is 4. The lowest BCUT2D eigenvalue weighted by atomic mass is 9.91. The van der Waals surface area contributed by atoms with Crippen LogP contribution in [0.15, 0.2) is 97.1 Å². The zero-order chi connectivity index (χ0) is 25.7. The summed E-state index contributed by atoms with van der Waals surface area (Å²) in [5.74, 6) is 0.397. The summed E-state index contributed by atoms with van der Waals surface area (Å²) in [5.41, 5.74) is 8.11. The van der Waals surface area contributed by atoms with E-state index in [9.17, 15) is 4.79 Å². The minimum atomic E-state index is -0.186. The summed E-state index contributed by atoms with van der Waals surface area (Å²) >= 11 is 0. The second-order valence-corrected chi connectivity index (χ2v) is 10.6. The smallest absolute Gasteiger partial charge is 0.311 e. The first-order valence-corrected chi connectivity index (χ1v) is 12.5. The molecule has 0 aliphatic carbocycles. The Labute approximate surface area is 215 Å². The van der Waals surface area contributed by atoms with Crippen LogP contribution in [0.5, 0.6) is 5.75 Å². The van der Waals surface area contributed by atoms with Crippen LogP contribution in [0.4, 0.5) is 17.1 Å². The summed E-state index contributed by atoms with van der Waals surface area (Å²) in [4.78, 5) is 14.4. The van der Waals surface area contributed by atoms with Crippen molar-refractivity contribution in [2.24, 2.45) is 5.41 Å². The van der Waals surface area contributed by atoms with Gasteiger partial charge in [0.15, 0.2) is 0 Å². The van der Waals surface area contributed by atoms with Gasteiger partial charge in [-0.3, -0.25) is 4.79 Å². The number of aryl methyl sites for hydroxylation is 2. The molecule has 4 rings (SSSR count). The second-order valence-electron chi connectivity index (χ2n) is 10.6. The third-order valence-corrected chi connectivity index (χ3v) is 6.21. The van der Waals surface area contributed by atoms with Gasteiger partial charge in [0, 0.05) is 23.5 Å². The Morgan fingerprint density at radius 2 is 1.03 bits per heavy atom. The first-order chi connectivity index (χ1) is 17.2. The van der Waals surface area contributed by atoms with E-state index < -0.39 is 0 Å². The maximum Gasteiger partial charge on any atom is 0.311 e. The van der Waals surface area contributed by atoms with E-state index in [1.807, 2.05) is 24.3 Å². The predicted molar refractivity (Wildman–Crippen MR) is 150 cm³/mol. The number of carbonyl (C=O) groups is 1. The highest BCUT2D eigenvalue weighted by Gasteiger charge is 2.15. The van der Waals surface area contributed by atoms with Gasteiger partial charge in [0.2, 0.25) is 0 Å². The van der Waals surface area contributed by atoms with Crippen LogP contribution in [0.25, 0.3) is 11.1 Å². The molecule has 184 valence electrons. The fourth-order valence-electron chi connectivity index (χ4n) is 4.01. The summed E-state index contributed by atoms with van der Waals surface area (Å²) in [6, 6.07) is 33.5. The van der Waals surface area contributed by atoms with Crippen molar-refractivity contribution in [2.45, 2.75) is 47.5 Å². The van der Waals surface area contributed by atoms with Gasteiger partial charge in [-0.2, -0.15) is 0 Å². The van der Waals surface area contributed by atoms with Gasteiger partial charge < -0.3 is 9.64 Å². The number of esters is 1. The van der Waals surface area contributed by atoms with Crippen molar-refractivity contribution in [2.75, 3.05) is 4.90 Å². The van der Waals surface area contributed by atoms with E-state index in [0.29, 0.717) is 12.2 Å². The summed E-state index contributed by atoms with van der Waals surface area (Å²) in [7, 11) is 0. The zero-order valence-electron chi connectivity index (χ0n) is 21.9. The molecule has 0 unspecified atom stereocenters. The third kappa shape index (κ3) is 6.63. The van der Waals surface area contributed by atoms with E-state index in [1.54, 1.807) is 0 Å². The minimum absolute atomic E-state index is 0.115. The van der Waals surface area contributed by atoms with Gasteiger partial charge >= 0.3 is 5.97 Å². The topological polar surface area (TPSA) is 29.5 Å². The van der Waals surface area contributed by atoms with E-state index >= 15 is 0 Å². The Balaban J connectivity index is 1.52. The maximum atomic E-state index is 12.2. The van der Waals surface area contributed by atoms with Gasteiger partial charge in [0.25, 0.3) is 0 Å². The zero-order valence-corrected chi connectivity index (χ0v) is 21.9. The molecule has 0 saturated heterocycles. The fourth-order valence-corrected chi connectivity index (χ4v) is 4.01. The first kappa shape index (κ1) is 25.2. The Hall–Kier alpha value is -3.85. The quantitative estimate of drug-likeness (QED) is 0.196. The third-order valence-electron chi connectivity index (χ3n) is 6.21. The lowest BCUT2D eigenvalue weighted by Gasteiger charge is -2.26. The summed E-state index contributed by atoms with van der Waals surface area (Å²) in [5, 5.41) is 0. The van der Waals surface area contributed by atoms with E-state index in [1.165, 1.54) is 11.1 Å². The van der Waals surface area contributed by atoms with E-state index in [-0.39, 0.29) is 11.4 Å². The van der Waals surface area contributed by atoms with Crippen molar-refractivity contribution in [1.29, 1.82) is 0 Å². The normalized spacial score (nSPS) is 11.2. The molecule has 0 aliphatic rings. The molecule has 0 atom stereocenters. The molecule has 3 nitrogen and oxygen atoms in total. The van der Waals surface area contributed by atoms with Crippen LogP contribution in [-0.2, 0) is 4.79 Å². The van der Waals surface area contributed by atoms with Gasteiger partial charge in [-0.25, -0.2) is 0 Å². The van der Waals surface area contributed by atoms with Crippen LogP contribution < -0.4 is 9.64 Å². The molecule has 0 fully saturated rings. The van der Waals surface area contributed by atoms with Crippen molar-refractivity contribution < 1.29 is 9.53 Å². The Kier molecular flexibility index (Phi) is 7.59. The molecular weight excluding hydrogens is 442 g/mol. The molecule has 4 aromatic carbocycles. The van der Waals surface area contributed by atoms with Gasteiger partial charge in [0.1, 0.15) is 5.75 Å². The molecule has 3 heteroatoms. The number of nitrogens with zero attached hydrogens (tertiary/aromatic N) is 1. The van der Waals surface area contributed by atoms with Gasteiger partial charge in [-0.15, -0.1) is 0 Å². The molecule has 0 N–H and O–H groups in total. The first-order valence-electron chi connectivity index (χ1n) is 12.5. The fraction of sp³-hybridized carbons (Fsp3) is 0.242. The van der Waals surface area contributed by atoms with Crippen LogP contribution in [0, 0.1) is 19.3 Å². The van der Waals surface area contributed by atoms with E-state index in [0.717, 1.165) is 34.6 Å². The number of hydrogen-bond acceptors (Lipinski definition) is 3. The maximum absolute atomic E-state index is 12.2. The second kappa shape index (κ2) is 10.8. The average molecular weight is 478 g/mol. The number of ether oxygens (including phenoxy) is 1. The molecule has 0 heterocycles. The van der Waals surface area contributed by atoms with Crippen molar-refractivity contribution in [3.05, 3.63) is 108 Å². The van der Waals surface area contributed by atoms with Crippen molar-refractivity contribution >= 4 is 23.0 Å². The van der Waals surface area contributed by atoms with Gasteiger partial charge in [-0.1, -0.05) is 80.4 Å². The number of rotatable bonds is 7. The van der Waals surface area contributed by atoms with Crippen molar-refractivity contribution in [3.8, 4) is 16.9 Å². The Morgan fingerprint density at radius 3 is 1.44 bits per heavy atom. The van der Waals surface area contributed by atoms with Crippen LogP contribution >= 0.6 is 0 Å². The largest absolute Gasteiger partial charge is 0.427 e. The van der Waals surface area contributed by atoms with Crippen LogP contribution in [0.3, 0.4) is 0 Å². The standard InChI is InChI=1S/C33H35NO2/c1-24-6-14-28(15-7-24)34(29-16-8-25(2)9-17-29)30-18-10-26(11-19-30)27-12-20-31(21-13-27)36-32(35)22-23-33(3,4)5/h6-21H,22-23H2,1-5H3. The number of anilines is 3. The highest BCUT2D eigenvalue weighted by molar-refractivity contribution is 5.78. The SMILES string of the molecule is Cc1ccc(N(c2ccc(C)cc2)c2ccc(-c3ccc(OC(=O)CCC(C)(C)C)cc3)cc2)cc1. The Bertz CT molecular complexity index is 1240. The highest BCUT2D eigenvalue weighted by atomic mass is 16.5. The van der Waals surface area contributed by atoms with E-state index in [2.05, 4.69) is 112 Å². The van der Waals surface area contributed by atoms with Crippen molar-refractivity contribution in [3.63, 3.8) is 0 Å².